The molecule has 0 fully saturated rings. The standard InChI is InChI=1S/C20H20Cl2N2O4/c1-4-5-14-8-13(9-18(27-3)19(14)25)11-23-24-20(26)12(2)28-17-7-6-15(21)10-16(17)22/h4,6-12,25H,1,5H2,2-3H3,(H,24,26)/t12-/m1/s1. The van der Waals surface area contributed by atoms with Crippen LogP contribution in [0, 0.1) is 0 Å². The number of hydrogen-bond acceptors (Lipinski definition) is 5. The lowest BCUT2D eigenvalue weighted by atomic mass is 10.1. The number of rotatable bonds is 8. The van der Waals surface area contributed by atoms with E-state index in [-0.39, 0.29) is 5.75 Å². The minimum Gasteiger partial charge on any atom is -0.504 e. The zero-order chi connectivity index (χ0) is 20.7. The fourth-order valence-corrected chi connectivity index (χ4v) is 2.76. The lowest BCUT2D eigenvalue weighted by Gasteiger charge is -2.14. The molecule has 0 spiro atoms. The lowest BCUT2D eigenvalue weighted by Crippen LogP contribution is -2.33. The Kier molecular flexibility index (Phi) is 7.72. The van der Waals surface area contributed by atoms with E-state index in [9.17, 15) is 9.90 Å². The van der Waals surface area contributed by atoms with Crippen molar-refractivity contribution in [3.63, 3.8) is 0 Å². The van der Waals surface area contributed by atoms with E-state index in [1.165, 1.54) is 19.4 Å². The molecular weight excluding hydrogens is 403 g/mol. The molecule has 1 atom stereocenters. The van der Waals surface area contributed by atoms with Gasteiger partial charge in [0.2, 0.25) is 0 Å². The van der Waals surface area contributed by atoms with Crippen LogP contribution in [0.2, 0.25) is 10.0 Å². The quantitative estimate of drug-likeness (QED) is 0.376. The van der Waals surface area contributed by atoms with Crippen LogP contribution < -0.4 is 14.9 Å². The number of hydrazone groups is 1. The highest BCUT2D eigenvalue weighted by molar-refractivity contribution is 6.35. The van der Waals surface area contributed by atoms with Gasteiger partial charge in [-0.05, 0) is 49.2 Å². The Balaban J connectivity index is 2.04. The van der Waals surface area contributed by atoms with Gasteiger partial charge in [0.15, 0.2) is 17.6 Å². The number of phenolic OH excluding ortho intramolecular Hbond substituents is 1. The van der Waals surface area contributed by atoms with Crippen LogP contribution in [0.3, 0.4) is 0 Å². The molecular formula is C20H20Cl2N2O4. The lowest BCUT2D eigenvalue weighted by molar-refractivity contribution is -0.127. The number of nitrogens with zero attached hydrogens (tertiary/aromatic N) is 1. The highest BCUT2D eigenvalue weighted by atomic mass is 35.5. The molecule has 0 aliphatic carbocycles. The molecule has 0 saturated heterocycles. The number of carbonyl (C=O) groups excluding carboxylic acids is 1. The smallest absolute Gasteiger partial charge is 0.280 e. The predicted molar refractivity (Wildman–Crippen MR) is 111 cm³/mol. The second kappa shape index (κ2) is 10.0. The largest absolute Gasteiger partial charge is 0.504 e. The number of methoxy groups -OCH3 is 1. The molecule has 2 N–H and O–H groups in total. The van der Waals surface area contributed by atoms with Gasteiger partial charge in [-0.15, -0.1) is 6.58 Å². The first kappa shape index (κ1) is 21.6. The minimum atomic E-state index is -0.832. The maximum Gasteiger partial charge on any atom is 0.280 e. The minimum absolute atomic E-state index is 0.0467. The molecule has 2 aromatic rings. The van der Waals surface area contributed by atoms with E-state index in [4.69, 9.17) is 32.7 Å². The summed E-state index contributed by atoms with van der Waals surface area (Å²) in [5.74, 6) is 0.237. The maximum atomic E-state index is 12.2. The first-order chi connectivity index (χ1) is 13.3. The average molecular weight is 423 g/mol. The van der Waals surface area contributed by atoms with Crippen molar-refractivity contribution in [3.8, 4) is 17.2 Å². The molecule has 8 heteroatoms. The van der Waals surface area contributed by atoms with Crippen molar-refractivity contribution in [2.75, 3.05) is 7.11 Å². The van der Waals surface area contributed by atoms with Crippen molar-refractivity contribution in [3.05, 3.63) is 64.2 Å². The maximum absolute atomic E-state index is 12.2. The van der Waals surface area contributed by atoms with Crippen LogP contribution in [0.15, 0.2) is 48.1 Å². The molecule has 0 saturated carbocycles. The normalized spacial score (nSPS) is 11.9. The molecule has 0 radical (unpaired) electrons. The number of phenols is 1. The Labute approximate surface area is 173 Å². The molecule has 0 unspecified atom stereocenters. The second-order valence-corrected chi connectivity index (χ2v) is 6.64. The van der Waals surface area contributed by atoms with Crippen molar-refractivity contribution in [1.29, 1.82) is 0 Å². The molecule has 0 aromatic heterocycles. The molecule has 0 aliphatic heterocycles. The summed E-state index contributed by atoms with van der Waals surface area (Å²) in [7, 11) is 1.45. The summed E-state index contributed by atoms with van der Waals surface area (Å²) in [6.07, 6.45) is 2.73. The van der Waals surface area contributed by atoms with Gasteiger partial charge in [-0.3, -0.25) is 4.79 Å². The van der Waals surface area contributed by atoms with E-state index in [0.29, 0.717) is 39.1 Å². The summed E-state index contributed by atoms with van der Waals surface area (Å²) in [5, 5.41) is 14.8. The zero-order valence-corrected chi connectivity index (χ0v) is 16.9. The van der Waals surface area contributed by atoms with E-state index in [2.05, 4.69) is 17.1 Å². The Bertz CT molecular complexity index is 900. The van der Waals surface area contributed by atoms with Crippen molar-refractivity contribution >= 4 is 35.3 Å². The second-order valence-electron chi connectivity index (χ2n) is 5.79. The number of halogens is 2. The Morgan fingerprint density at radius 2 is 2.07 bits per heavy atom. The molecule has 2 aromatic carbocycles. The third kappa shape index (κ3) is 5.65. The summed E-state index contributed by atoms with van der Waals surface area (Å²) >= 11 is 11.9. The number of allylic oxidation sites excluding steroid dienone is 1. The summed E-state index contributed by atoms with van der Waals surface area (Å²) in [6, 6.07) is 8.06. The van der Waals surface area contributed by atoms with Gasteiger partial charge in [0.05, 0.1) is 18.3 Å². The first-order valence-corrected chi connectivity index (χ1v) is 9.06. The van der Waals surface area contributed by atoms with Crippen molar-refractivity contribution in [2.45, 2.75) is 19.4 Å². The van der Waals surface area contributed by atoms with E-state index < -0.39 is 12.0 Å². The van der Waals surface area contributed by atoms with Crippen LogP contribution in [0.5, 0.6) is 17.2 Å². The van der Waals surface area contributed by atoms with Crippen LogP contribution in [-0.4, -0.2) is 30.4 Å². The summed E-state index contributed by atoms with van der Waals surface area (Å²) in [5.41, 5.74) is 3.67. The van der Waals surface area contributed by atoms with Crippen LogP contribution in [0.1, 0.15) is 18.1 Å². The summed E-state index contributed by atoms with van der Waals surface area (Å²) in [4.78, 5) is 12.2. The summed E-state index contributed by atoms with van der Waals surface area (Å²) in [6.45, 7) is 5.23. The van der Waals surface area contributed by atoms with Gasteiger partial charge in [-0.2, -0.15) is 5.10 Å². The van der Waals surface area contributed by atoms with Gasteiger partial charge in [0.25, 0.3) is 5.91 Å². The van der Waals surface area contributed by atoms with Crippen LogP contribution in [-0.2, 0) is 11.2 Å². The number of aromatic hydroxyl groups is 1. The van der Waals surface area contributed by atoms with E-state index in [0.717, 1.165) is 0 Å². The molecule has 6 nitrogen and oxygen atoms in total. The monoisotopic (exact) mass is 422 g/mol. The first-order valence-electron chi connectivity index (χ1n) is 8.31. The Morgan fingerprint density at radius 1 is 1.32 bits per heavy atom. The van der Waals surface area contributed by atoms with Gasteiger partial charge in [-0.1, -0.05) is 29.3 Å². The molecule has 0 heterocycles. The van der Waals surface area contributed by atoms with Gasteiger partial charge in [-0.25, -0.2) is 5.43 Å². The number of nitrogens with one attached hydrogen (secondary N) is 1. The third-order valence-electron chi connectivity index (χ3n) is 3.72. The van der Waals surface area contributed by atoms with Gasteiger partial charge < -0.3 is 14.6 Å². The zero-order valence-electron chi connectivity index (χ0n) is 15.4. The van der Waals surface area contributed by atoms with Crippen molar-refractivity contribution < 1.29 is 19.4 Å². The number of ether oxygens (including phenoxy) is 2. The molecule has 0 aliphatic rings. The van der Waals surface area contributed by atoms with Crippen molar-refractivity contribution in [1.82, 2.24) is 5.43 Å². The number of benzene rings is 2. The highest BCUT2D eigenvalue weighted by Gasteiger charge is 2.16. The fraction of sp³-hybridized carbons (Fsp3) is 0.200. The Hall–Kier alpha value is -2.70. The SMILES string of the molecule is C=CCc1cc(C=NNC(=O)[C@@H](C)Oc2ccc(Cl)cc2Cl)cc(OC)c1O. The van der Waals surface area contributed by atoms with Crippen LogP contribution in [0.4, 0.5) is 0 Å². The number of hydrogen-bond donors (Lipinski definition) is 2. The molecule has 0 bridgehead atoms. The third-order valence-corrected chi connectivity index (χ3v) is 4.25. The van der Waals surface area contributed by atoms with Gasteiger partial charge in [0, 0.05) is 10.6 Å². The number of amides is 1. The van der Waals surface area contributed by atoms with Gasteiger partial charge in [0.1, 0.15) is 5.75 Å². The Morgan fingerprint density at radius 3 is 2.71 bits per heavy atom. The average Bonchev–Trinajstić information content (AvgIpc) is 2.66. The molecule has 1 amide bonds. The van der Waals surface area contributed by atoms with Gasteiger partial charge >= 0.3 is 0 Å². The topological polar surface area (TPSA) is 80.2 Å². The molecule has 2 rings (SSSR count). The van der Waals surface area contributed by atoms with E-state index in [1.807, 2.05) is 0 Å². The molecule has 148 valence electrons. The van der Waals surface area contributed by atoms with Crippen LogP contribution >= 0.6 is 23.2 Å². The van der Waals surface area contributed by atoms with E-state index in [1.54, 1.807) is 37.3 Å². The summed E-state index contributed by atoms with van der Waals surface area (Å²) < 4.78 is 10.7. The van der Waals surface area contributed by atoms with E-state index >= 15 is 0 Å². The number of carbonyl (C=O) groups is 1. The predicted octanol–water partition coefficient (Wildman–Crippen LogP) is 4.35. The van der Waals surface area contributed by atoms with Crippen LogP contribution in [0.25, 0.3) is 0 Å². The highest BCUT2D eigenvalue weighted by Crippen LogP contribution is 2.31. The fourth-order valence-electron chi connectivity index (χ4n) is 2.31. The molecule has 28 heavy (non-hydrogen) atoms. The van der Waals surface area contributed by atoms with Crippen molar-refractivity contribution in [2.24, 2.45) is 5.10 Å².